The topological polar surface area (TPSA) is 3.24 Å². The SMILES string of the molecule is CN(Cc1ccc(F)cc1Br)CC1CC2CCC1C2. The fourth-order valence-electron chi connectivity index (χ4n) is 4.01. The van der Waals surface area contributed by atoms with Crippen molar-refractivity contribution < 1.29 is 4.39 Å². The highest BCUT2D eigenvalue weighted by molar-refractivity contribution is 9.10. The van der Waals surface area contributed by atoms with Crippen LogP contribution < -0.4 is 0 Å². The first kappa shape index (κ1) is 13.6. The van der Waals surface area contributed by atoms with Crippen molar-refractivity contribution in [3.8, 4) is 0 Å². The summed E-state index contributed by atoms with van der Waals surface area (Å²) in [6.07, 6.45) is 5.82. The number of rotatable bonds is 4. The normalized spacial score (nSPS) is 29.4. The molecule has 0 heterocycles. The molecule has 19 heavy (non-hydrogen) atoms. The van der Waals surface area contributed by atoms with Gasteiger partial charge >= 0.3 is 0 Å². The first-order valence-corrected chi connectivity index (χ1v) is 8.03. The van der Waals surface area contributed by atoms with Gasteiger partial charge in [-0.15, -0.1) is 0 Å². The zero-order valence-corrected chi connectivity index (χ0v) is 13.0. The lowest BCUT2D eigenvalue weighted by atomic mass is 9.88. The molecule has 0 aliphatic heterocycles. The highest BCUT2D eigenvalue weighted by Crippen LogP contribution is 2.48. The number of hydrogen-bond acceptors (Lipinski definition) is 1. The Bertz CT molecular complexity index is 462. The summed E-state index contributed by atoms with van der Waals surface area (Å²) in [5, 5.41) is 0. The van der Waals surface area contributed by atoms with Crippen molar-refractivity contribution in [3.63, 3.8) is 0 Å². The van der Waals surface area contributed by atoms with Crippen LogP contribution in [0, 0.1) is 23.6 Å². The van der Waals surface area contributed by atoms with Crippen LogP contribution >= 0.6 is 15.9 Å². The maximum atomic E-state index is 13.1. The predicted molar refractivity (Wildman–Crippen MR) is 79.4 cm³/mol. The standard InChI is InChI=1S/C16H21BrFN/c1-19(9-13-4-5-15(18)8-16(13)17)10-14-7-11-2-3-12(14)6-11/h4-5,8,11-12,14H,2-3,6-7,9-10H2,1H3. The zero-order valence-electron chi connectivity index (χ0n) is 11.4. The largest absolute Gasteiger partial charge is 0.302 e. The van der Waals surface area contributed by atoms with Gasteiger partial charge in [-0.05, 0) is 61.8 Å². The maximum absolute atomic E-state index is 13.1. The van der Waals surface area contributed by atoms with Gasteiger partial charge in [-0.2, -0.15) is 0 Å². The molecule has 0 aromatic heterocycles. The van der Waals surface area contributed by atoms with Gasteiger partial charge < -0.3 is 4.90 Å². The highest BCUT2D eigenvalue weighted by Gasteiger charge is 2.39. The molecule has 3 heteroatoms. The van der Waals surface area contributed by atoms with E-state index in [0.29, 0.717) is 0 Å². The summed E-state index contributed by atoms with van der Waals surface area (Å²) < 4.78 is 14.0. The van der Waals surface area contributed by atoms with E-state index in [-0.39, 0.29) is 5.82 Å². The van der Waals surface area contributed by atoms with Crippen LogP contribution in [-0.2, 0) is 6.54 Å². The lowest BCUT2D eigenvalue weighted by molar-refractivity contribution is 0.214. The van der Waals surface area contributed by atoms with E-state index in [1.54, 1.807) is 12.1 Å². The van der Waals surface area contributed by atoms with Gasteiger partial charge in [0.1, 0.15) is 5.82 Å². The highest BCUT2D eigenvalue weighted by atomic mass is 79.9. The Hall–Kier alpha value is -0.410. The Morgan fingerprint density at radius 3 is 2.79 bits per heavy atom. The molecule has 2 aliphatic rings. The minimum Gasteiger partial charge on any atom is -0.302 e. The summed E-state index contributed by atoms with van der Waals surface area (Å²) in [6, 6.07) is 4.99. The van der Waals surface area contributed by atoms with Gasteiger partial charge in [-0.3, -0.25) is 0 Å². The van der Waals surface area contributed by atoms with Gasteiger partial charge in [0.2, 0.25) is 0 Å². The lowest BCUT2D eigenvalue weighted by Gasteiger charge is -2.27. The van der Waals surface area contributed by atoms with Crippen molar-refractivity contribution in [2.24, 2.45) is 17.8 Å². The molecular formula is C16H21BrFN. The molecule has 1 nitrogen and oxygen atoms in total. The third kappa shape index (κ3) is 3.03. The van der Waals surface area contributed by atoms with E-state index in [2.05, 4.69) is 27.9 Å². The minimum atomic E-state index is -0.175. The van der Waals surface area contributed by atoms with E-state index >= 15 is 0 Å². The second-order valence-corrected chi connectivity index (χ2v) is 7.22. The van der Waals surface area contributed by atoms with Crippen LogP contribution in [0.15, 0.2) is 22.7 Å². The molecule has 3 atom stereocenters. The van der Waals surface area contributed by atoms with Crippen molar-refractivity contribution in [2.45, 2.75) is 32.2 Å². The number of fused-ring (bicyclic) bond motifs is 2. The van der Waals surface area contributed by atoms with Gasteiger partial charge in [0.25, 0.3) is 0 Å². The van der Waals surface area contributed by atoms with E-state index in [4.69, 9.17) is 0 Å². The fourth-order valence-corrected chi connectivity index (χ4v) is 4.48. The zero-order chi connectivity index (χ0) is 13.4. The molecule has 3 rings (SSSR count). The Kier molecular flexibility index (Phi) is 3.95. The van der Waals surface area contributed by atoms with E-state index < -0.39 is 0 Å². The molecule has 3 unspecified atom stereocenters. The molecule has 0 radical (unpaired) electrons. The minimum absolute atomic E-state index is 0.175. The van der Waals surface area contributed by atoms with Crippen molar-refractivity contribution in [1.29, 1.82) is 0 Å². The van der Waals surface area contributed by atoms with Crippen LogP contribution in [0.2, 0.25) is 0 Å². The van der Waals surface area contributed by atoms with Crippen LogP contribution in [-0.4, -0.2) is 18.5 Å². The summed E-state index contributed by atoms with van der Waals surface area (Å²) in [5.41, 5.74) is 1.17. The van der Waals surface area contributed by atoms with Crippen molar-refractivity contribution in [2.75, 3.05) is 13.6 Å². The molecule has 0 spiro atoms. The second kappa shape index (κ2) is 5.53. The van der Waals surface area contributed by atoms with Crippen LogP contribution in [0.25, 0.3) is 0 Å². The average molecular weight is 326 g/mol. The van der Waals surface area contributed by atoms with Crippen molar-refractivity contribution >= 4 is 15.9 Å². The van der Waals surface area contributed by atoms with Gasteiger partial charge in [0.05, 0.1) is 0 Å². The molecular weight excluding hydrogens is 305 g/mol. The van der Waals surface area contributed by atoms with E-state index in [0.717, 1.165) is 28.8 Å². The summed E-state index contributed by atoms with van der Waals surface area (Å²) in [4.78, 5) is 2.39. The van der Waals surface area contributed by atoms with Crippen LogP contribution in [0.4, 0.5) is 4.39 Å². The maximum Gasteiger partial charge on any atom is 0.124 e. The Morgan fingerprint density at radius 2 is 2.16 bits per heavy atom. The van der Waals surface area contributed by atoms with Gasteiger partial charge in [-0.25, -0.2) is 4.39 Å². The number of nitrogens with zero attached hydrogens (tertiary/aromatic N) is 1. The van der Waals surface area contributed by atoms with Crippen molar-refractivity contribution in [3.05, 3.63) is 34.1 Å². The summed E-state index contributed by atoms with van der Waals surface area (Å²) >= 11 is 3.45. The molecule has 0 amide bonds. The summed E-state index contributed by atoms with van der Waals surface area (Å²) in [7, 11) is 2.18. The molecule has 2 aliphatic carbocycles. The van der Waals surface area contributed by atoms with Crippen molar-refractivity contribution in [1.82, 2.24) is 4.90 Å². The number of hydrogen-bond donors (Lipinski definition) is 0. The third-order valence-electron chi connectivity index (χ3n) is 4.89. The summed E-state index contributed by atoms with van der Waals surface area (Å²) in [5.74, 6) is 2.71. The average Bonchev–Trinajstić information content (AvgIpc) is 2.95. The Labute approximate surface area is 123 Å². The molecule has 2 bridgehead atoms. The molecule has 0 saturated heterocycles. The molecule has 1 aromatic carbocycles. The molecule has 2 fully saturated rings. The van der Waals surface area contributed by atoms with Gasteiger partial charge in [0.15, 0.2) is 0 Å². The molecule has 2 saturated carbocycles. The van der Waals surface area contributed by atoms with E-state index in [1.165, 1.54) is 37.8 Å². The smallest absolute Gasteiger partial charge is 0.124 e. The quantitative estimate of drug-likeness (QED) is 0.790. The molecule has 104 valence electrons. The lowest BCUT2D eigenvalue weighted by Crippen LogP contribution is -2.28. The predicted octanol–water partition coefficient (Wildman–Crippen LogP) is 4.46. The monoisotopic (exact) mass is 325 g/mol. The summed E-state index contributed by atoms with van der Waals surface area (Å²) in [6.45, 7) is 2.08. The van der Waals surface area contributed by atoms with Crippen LogP contribution in [0.1, 0.15) is 31.2 Å². The molecule has 0 N–H and O–H groups in total. The number of benzene rings is 1. The Morgan fingerprint density at radius 1 is 1.32 bits per heavy atom. The van der Waals surface area contributed by atoms with Crippen LogP contribution in [0.5, 0.6) is 0 Å². The first-order chi connectivity index (χ1) is 9.11. The number of halogens is 2. The van der Waals surface area contributed by atoms with Gasteiger partial charge in [0, 0.05) is 17.6 Å². The van der Waals surface area contributed by atoms with E-state index in [9.17, 15) is 4.39 Å². The fraction of sp³-hybridized carbons (Fsp3) is 0.625. The van der Waals surface area contributed by atoms with E-state index in [1.807, 2.05) is 6.07 Å². The molecule has 1 aromatic rings. The van der Waals surface area contributed by atoms with Crippen LogP contribution in [0.3, 0.4) is 0 Å². The first-order valence-electron chi connectivity index (χ1n) is 7.24. The second-order valence-electron chi connectivity index (χ2n) is 6.37. The Balaban J connectivity index is 1.57. The van der Waals surface area contributed by atoms with Gasteiger partial charge in [-0.1, -0.05) is 28.4 Å². The third-order valence-corrected chi connectivity index (χ3v) is 5.62.